The van der Waals surface area contributed by atoms with Gasteiger partial charge in [0.25, 0.3) is 0 Å². The molecule has 1 atom stereocenters. The number of hydrogen-bond donors (Lipinski definition) is 3. The van der Waals surface area contributed by atoms with Crippen molar-refractivity contribution < 1.29 is 9.59 Å². The first-order valence-electron chi connectivity index (χ1n) is 9.59. The summed E-state index contributed by atoms with van der Waals surface area (Å²) in [7, 11) is 0. The van der Waals surface area contributed by atoms with Gasteiger partial charge >= 0.3 is 6.03 Å². The second-order valence-electron chi connectivity index (χ2n) is 7.03. The van der Waals surface area contributed by atoms with Gasteiger partial charge in [-0.15, -0.1) is 0 Å². The van der Waals surface area contributed by atoms with E-state index in [9.17, 15) is 9.59 Å². The number of aromatic nitrogens is 1. The Labute approximate surface area is 169 Å². The first-order valence-corrected chi connectivity index (χ1v) is 9.59. The van der Waals surface area contributed by atoms with Crippen LogP contribution in [0.2, 0.25) is 0 Å². The van der Waals surface area contributed by atoms with Crippen LogP contribution in [0.1, 0.15) is 23.5 Å². The molecule has 4 rings (SSSR count). The van der Waals surface area contributed by atoms with E-state index in [1.807, 2.05) is 60.7 Å². The third-order valence-electron chi connectivity index (χ3n) is 5.04. The normalized spacial score (nSPS) is 15.2. The van der Waals surface area contributed by atoms with Crippen molar-refractivity contribution in [3.63, 3.8) is 0 Å². The van der Waals surface area contributed by atoms with Crippen LogP contribution in [0.4, 0.5) is 10.5 Å². The summed E-state index contributed by atoms with van der Waals surface area (Å²) in [6.07, 6.45) is 3.90. The lowest BCUT2D eigenvalue weighted by Gasteiger charge is -2.25. The number of carbonyl (C=O) groups is 2. The van der Waals surface area contributed by atoms with Gasteiger partial charge in [0.05, 0.1) is 0 Å². The quantitative estimate of drug-likeness (QED) is 0.626. The van der Waals surface area contributed by atoms with Gasteiger partial charge in [0.15, 0.2) is 0 Å². The molecule has 1 aliphatic rings. The van der Waals surface area contributed by atoms with Gasteiger partial charge < -0.3 is 16.0 Å². The summed E-state index contributed by atoms with van der Waals surface area (Å²) in [5, 5.41) is 8.63. The van der Waals surface area contributed by atoms with Gasteiger partial charge in [-0.1, -0.05) is 42.5 Å². The zero-order valence-electron chi connectivity index (χ0n) is 15.9. The number of para-hydroxylation sites is 1. The number of nitrogens with one attached hydrogen (secondary N) is 3. The molecule has 3 N–H and O–H groups in total. The molecular formula is C23H22N4O2. The number of anilines is 1. The number of urea groups is 1. The summed E-state index contributed by atoms with van der Waals surface area (Å²) in [6, 6.07) is 19.4. The zero-order chi connectivity index (χ0) is 20.1. The van der Waals surface area contributed by atoms with Crippen LogP contribution in [0, 0.1) is 0 Å². The molecule has 3 amide bonds. The van der Waals surface area contributed by atoms with E-state index in [1.54, 1.807) is 12.4 Å². The van der Waals surface area contributed by atoms with Gasteiger partial charge in [-0.25, -0.2) is 4.79 Å². The van der Waals surface area contributed by atoms with E-state index in [0.29, 0.717) is 19.5 Å². The lowest BCUT2D eigenvalue weighted by Crippen LogP contribution is -2.39. The van der Waals surface area contributed by atoms with Gasteiger partial charge in [-0.05, 0) is 40.5 Å². The lowest BCUT2D eigenvalue weighted by molar-refractivity contribution is -0.116. The van der Waals surface area contributed by atoms with Crippen molar-refractivity contribution in [3.8, 4) is 11.1 Å². The predicted octanol–water partition coefficient (Wildman–Crippen LogP) is 3.67. The fraction of sp³-hybridized carbons (Fsp3) is 0.174. The van der Waals surface area contributed by atoms with Crippen LogP contribution in [-0.4, -0.2) is 23.5 Å². The monoisotopic (exact) mass is 386 g/mol. The molecule has 1 aromatic heterocycles. The first-order chi connectivity index (χ1) is 14.2. The van der Waals surface area contributed by atoms with Gasteiger partial charge in [-0.2, -0.15) is 0 Å². The van der Waals surface area contributed by atoms with E-state index in [1.165, 1.54) is 0 Å². The van der Waals surface area contributed by atoms with Crippen LogP contribution in [0.5, 0.6) is 0 Å². The van der Waals surface area contributed by atoms with Gasteiger partial charge in [0.2, 0.25) is 5.91 Å². The van der Waals surface area contributed by atoms with E-state index in [4.69, 9.17) is 0 Å². The number of amides is 3. The number of fused-ring (bicyclic) bond motifs is 1. The largest absolute Gasteiger partial charge is 0.338 e. The van der Waals surface area contributed by atoms with Gasteiger partial charge in [0.1, 0.15) is 0 Å². The number of hydrogen-bond acceptors (Lipinski definition) is 3. The van der Waals surface area contributed by atoms with Gasteiger partial charge in [-0.3, -0.25) is 9.78 Å². The zero-order valence-corrected chi connectivity index (χ0v) is 15.9. The summed E-state index contributed by atoms with van der Waals surface area (Å²) in [4.78, 5) is 28.1. The minimum Gasteiger partial charge on any atom is -0.338 e. The van der Waals surface area contributed by atoms with Crippen molar-refractivity contribution in [1.29, 1.82) is 0 Å². The molecular weight excluding hydrogens is 364 g/mol. The van der Waals surface area contributed by atoms with E-state index >= 15 is 0 Å². The number of rotatable bonds is 5. The molecule has 6 nitrogen and oxygen atoms in total. The molecule has 146 valence electrons. The third-order valence-corrected chi connectivity index (χ3v) is 5.04. The molecule has 1 unspecified atom stereocenters. The molecule has 1 aliphatic heterocycles. The summed E-state index contributed by atoms with van der Waals surface area (Å²) in [5.74, 6) is -0.0458. The molecule has 2 heterocycles. The Kier molecular flexibility index (Phi) is 5.52. The fourth-order valence-corrected chi connectivity index (χ4v) is 3.50. The van der Waals surface area contributed by atoms with E-state index in [2.05, 4.69) is 20.9 Å². The Morgan fingerprint density at radius 3 is 2.48 bits per heavy atom. The van der Waals surface area contributed by atoms with Crippen molar-refractivity contribution in [2.45, 2.75) is 18.9 Å². The van der Waals surface area contributed by atoms with Crippen molar-refractivity contribution in [2.75, 3.05) is 11.9 Å². The standard InChI is InChI=1S/C23H22N4O2/c28-22-13-19(20-3-1-2-4-21(20)27-22)15-26-23(29)25-14-16-5-7-17(8-6-16)18-9-11-24-12-10-18/h1-12,19H,13-15H2,(H,27,28)(H2,25,26,29). The number of benzene rings is 2. The highest BCUT2D eigenvalue weighted by Crippen LogP contribution is 2.31. The average Bonchev–Trinajstić information content (AvgIpc) is 2.77. The molecule has 6 heteroatoms. The maximum atomic E-state index is 12.2. The van der Waals surface area contributed by atoms with E-state index < -0.39 is 0 Å². The van der Waals surface area contributed by atoms with Crippen LogP contribution in [0.3, 0.4) is 0 Å². The van der Waals surface area contributed by atoms with Crippen LogP contribution >= 0.6 is 0 Å². The molecule has 0 radical (unpaired) electrons. The van der Waals surface area contributed by atoms with Crippen molar-refractivity contribution in [3.05, 3.63) is 84.2 Å². The Hall–Kier alpha value is -3.67. The lowest BCUT2D eigenvalue weighted by atomic mass is 9.90. The number of nitrogens with zero attached hydrogens (tertiary/aromatic N) is 1. The molecule has 0 aliphatic carbocycles. The molecule has 2 aromatic carbocycles. The SMILES string of the molecule is O=C1CC(CNC(=O)NCc2ccc(-c3ccncc3)cc2)c2ccccc2N1. The maximum Gasteiger partial charge on any atom is 0.315 e. The maximum absolute atomic E-state index is 12.2. The first kappa shape index (κ1) is 18.7. The minimum absolute atomic E-state index is 0.0228. The molecule has 29 heavy (non-hydrogen) atoms. The second-order valence-corrected chi connectivity index (χ2v) is 7.03. The number of pyridine rings is 1. The topological polar surface area (TPSA) is 83.1 Å². The number of carbonyl (C=O) groups excluding carboxylic acids is 2. The molecule has 0 saturated heterocycles. The van der Waals surface area contributed by atoms with Crippen LogP contribution in [0.25, 0.3) is 11.1 Å². The third kappa shape index (κ3) is 4.60. The smallest absolute Gasteiger partial charge is 0.315 e. The van der Waals surface area contributed by atoms with E-state index in [0.717, 1.165) is 27.9 Å². The molecule has 0 saturated carbocycles. The summed E-state index contributed by atoms with van der Waals surface area (Å²) in [5.41, 5.74) is 5.11. The van der Waals surface area contributed by atoms with Crippen molar-refractivity contribution in [1.82, 2.24) is 15.6 Å². The Morgan fingerprint density at radius 1 is 0.966 bits per heavy atom. The highest BCUT2D eigenvalue weighted by Gasteiger charge is 2.24. The van der Waals surface area contributed by atoms with Crippen molar-refractivity contribution in [2.24, 2.45) is 0 Å². The Bertz CT molecular complexity index is 1000. The summed E-state index contributed by atoms with van der Waals surface area (Å²) in [6.45, 7) is 0.849. The van der Waals surface area contributed by atoms with Gasteiger partial charge in [0, 0.05) is 43.5 Å². The average molecular weight is 386 g/mol. The van der Waals surface area contributed by atoms with Crippen molar-refractivity contribution >= 4 is 17.6 Å². The van der Waals surface area contributed by atoms with Crippen LogP contribution in [0.15, 0.2) is 73.1 Å². The van der Waals surface area contributed by atoms with E-state index in [-0.39, 0.29) is 17.9 Å². The van der Waals surface area contributed by atoms with Crippen LogP contribution in [-0.2, 0) is 11.3 Å². The predicted molar refractivity (Wildman–Crippen MR) is 112 cm³/mol. The Morgan fingerprint density at radius 2 is 1.69 bits per heavy atom. The Balaban J connectivity index is 1.29. The molecule has 0 bridgehead atoms. The second kappa shape index (κ2) is 8.56. The summed E-state index contributed by atoms with van der Waals surface area (Å²) < 4.78 is 0. The highest BCUT2D eigenvalue weighted by molar-refractivity contribution is 5.94. The molecule has 3 aromatic rings. The highest BCUT2D eigenvalue weighted by atomic mass is 16.2. The molecule has 0 fully saturated rings. The van der Waals surface area contributed by atoms with Crippen LogP contribution < -0.4 is 16.0 Å². The fourth-order valence-electron chi connectivity index (χ4n) is 3.50. The molecule has 0 spiro atoms. The minimum atomic E-state index is -0.244. The summed E-state index contributed by atoms with van der Waals surface area (Å²) >= 11 is 0.